The summed E-state index contributed by atoms with van der Waals surface area (Å²) in [5, 5.41) is 13.3. The Morgan fingerprint density at radius 2 is 1.79 bits per heavy atom. The van der Waals surface area contributed by atoms with Gasteiger partial charge >= 0.3 is 0 Å². The number of rotatable bonds is 5. The van der Waals surface area contributed by atoms with Gasteiger partial charge in [0.15, 0.2) is 0 Å². The number of amides is 1. The molecule has 0 saturated heterocycles. The molecule has 0 fully saturated rings. The Bertz CT molecular complexity index is 833. The molecule has 0 unspecified atom stereocenters. The summed E-state index contributed by atoms with van der Waals surface area (Å²) < 4.78 is 0. The zero-order chi connectivity index (χ0) is 17.9. The number of ketones is 1. The van der Waals surface area contributed by atoms with Gasteiger partial charge in [0, 0.05) is 23.1 Å². The lowest BCUT2D eigenvalue weighted by Gasteiger charge is -2.10. The van der Waals surface area contributed by atoms with E-state index in [1.165, 1.54) is 13.0 Å². The van der Waals surface area contributed by atoms with Gasteiger partial charge < -0.3 is 5.32 Å². The lowest BCUT2D eigenvalue weighted by atomic mass is 10.00. The van der Waals surface area contributed by atoms with Crippen LogP contribution in [0, 0.1) is 17.0 Å². The summed E-state index contributed by atoms with van der Waals surface area (Å²) in [7, 11) is 0. The Morgan fingerprint density at radius 1 is 1.17 bits per heavy atom. The number of aryl methyl sites for hydroxylation is 1. The van der Waals surface area contributed by atoms with Gasteiger partial charge in [0.2, 0.25) is 11.7 Å². The standard InChI is InChI=1S/C17H15ClN2O4/c1-10-7-12(4-6-16(10)19-11(2)21)13-3-5-14(15(18)8-13)17(22)9-20(23)24/h3-8H,9H2,1-2H3,(H,19,21). The summed E-state index contributed by atoms with van der Waals surface area (Å²) in [5.41, 5.74) is 3.36. The third-order valence-electron chi connectivity index (χ3n) is 3.41. The molecule has 6 nitrogen and oxygen atoms in total. The predicted octanol–water partition coefficient (Wildman–Crippen LogP) is 3.73. The molecular formula is C17H15ClN2O4. The summed E-state index contributed by atoms with van der Waals surface area (Å²) in [5.74, 6) is -0.781. The van der Waals surface area contributed by atoms with Crippen molar-refractivity contribution in [3.8, 4) is 11.1 Å². The highest BCUT2D eigenvalue weighted by molar-refractivity contribution is 6.34. The lowest BCUT2D eigenvalue weighted by Crippen LogP contribution is -2.14. The molecule has 24 heavy (non-hydrogen) atoms. The first-order valence-corrected chi connectivity index (χ1v) is 7.49. The van der Waals surface area contributed by atoms with E-state index in [0.717, 1.165) is 22.4 Å². The molecule has 2 aromatic carbocycles. The number of hydrogen-bond donors (Lipinski definition) is 1. The number of nitrogens with zero attached hydrogens (tertiary/aromatic N) is 1. The summed E-state index contributed by atoms with van der Waals surface area (Å²) in [4.78, 5) is 32.6. The first-order chi connectivity index (χ1) is 11.3. The molecule has 0 spiro atoms. The molecule has 2 rings (SSSR count). The highest BCUT2D eigenvalue weighted by Crippen LogP contribution is 2.28. The molecule has 1 N–H and O–H groups in total. The number of nitrogens with one attached hydrogen (secondary N) is 1. The van der Waals surface area contributed by atoms with Gasteiger partial charge in [-0.05, 0) is 47.9 Å². The Hall–Kier alpha value is -2.73. The SMILES string of the molecule is CC(=O)Nc1ccc(-c2ccc(C(=O)C[N+](=O)[O-])c(Cl)c2)cc1C. The summed E-state index contributed by atoms with van der Waals surface area (Å²) in [6.45, 7) is 2.52. The minimum Gasteiger partial charge on any atom is -0.326 e. The molecule has 0 bridgehead atoms. The van der Waals surface area contributed by atoms with E-state index in [9.17, 15) is 19.7 Å². The van der Waals surface area contributed by atoms with E-state index < -0.39 is 17.3 Å². The van der Waals surface area contributed by atoms with E-state index in [0.29, 0.717) is 0 Å². The zero-order valence-electron chi connectivity index (χ0n) is 13.1. The third-order valence-corrected chi connectivity index (χ3v) is 3.73. The molecule has 0 aliphatic carbocycles. The van der Waals surface area contributed by atoms with Crippen LogP contribution < -0.4 is 5.32 Å². The Morgan fingerprint density at radius 3 is 2.33 bits per heavy atom. The van der Waals surface area contributed by atoms with Gasteiger partial charge in [-0.1, -0.05) is 23.7 Å². The molecule has 0 atom stereocenters. The molecule has 0 saturated carbocycles. The number of nitro groups is 1. The van der Waals surface area contributed by atoms with Crippen molar-refractivity contribution in [3.63, 3.8) is 0 Å². The summed E-state index contributed by atoms with van der Waals surface area (Å²) >= 11 is 6.10. The van der Waals surface area contributed by atoms with Crippen LogP contribution in [-0.4, -0.2) is 23.2 Å². The number of hydrogen-bond acceptors (Lipinski definition) is 4. The second kappa shape index (κ2) is 7.23. The van der Waals surface area contributed by atoms with Crippen LogP contribution in [0.1, 0.15) is 22.8 Å². The third kappa shape index (κ3) is 4.17. The van der Waals surface area contributed by atoms with Gasteiger partial charge in [-0.3, -0.25) is 19.7 Å². The van der Waals surface area contributed by atoms with Crippen LogP contribution in [0.2, 0.25) is 5.02 Å². The Balaban J connectivity index is 2.32. The van der Waals surface area contributed by atoms with Crippen molar-refractivity contribution in [3.05, 3.63) is 62.7 Å². The highest BCUT2D eigenvalue weighted by Gasteiger charge is 2.16. The van der Waals surface area contributed by atoms with Crippen molar-refractivity contribution in [1.82, 2.24) is 0 Å². The monoisotopic (exact) mass is 346 g/mol. The van der Waals surface area contributed by atoms with E-state index in [1.54, 1.807) is 18.2 Å². The average Bonchev–Trinajstić information content (AvgIpc) is 2.48. The molecule has 124 valence electrons. The molecule has 0 radical (unpaired) electrons. The van der Waals surface area contributed by atoms with Crippen LogP contribution in [0.15, 0.2) is 36.4 Å². The fourth-order valence-corrected chi connectivity index (χ4v) is 2.58. The van der Waals surface area contributed by atoms with Gasteiger partial charge in [0.05, 0.1) is 5.02 Å². The van der Waals surface area contributed by atoms with Crippen LogP contribution in [0.25, 0.3) is 11.1 Å². The van der Waals surface area contributed by atoms with Crippen LogP contribution in [0.3, 0.4) is 0 Å². The fraction of sp³-hybridized carbons (Fsp3) is 0.176. The molecular weight excluding hydrogens is 332 g/mol. The van der Waals surface area contributed by atoms with Gasteiger partial charge in [0.1, 0.15) is 0 Å². The van der Waals surface area contributed by atoms with Crippen LogP contribution in [0.5, 0.6) is 0 Å². The van der Waals surface area contributed by atoms with Gasteiger partial charge in [-0.15, -0.1) is 0 Å². The second-order valence-electron chi connectivity index (χ2n) is 5.32. The van der Waals surface area contributed by atoms with E-state index in [2.05, 4.69) is 5.32 Å². The summed E-state index contributed by atoms with van der Waals surface area (Å²) in [6, 6.07) is 10.3. The van der Waals surface area contributed by atoms with E-state index in [4.69, 9.17) is 11.6 Å². The number of benzene rings is 2. The first-order valence-electron chi connectivity index (χ1n) is 7.11. The largest absolute Gasteiger partial charge is 0.326 e. The number of carbonyl (C=O) groups excluding carboxylic acids is 2. The van der Waals surface area contributed by atoms with Crippen molar-refractivity contribution in [2.45, 2.75) is 13.8 Å². The van der Waals surface area contributed by atoms with Crippen molar-refractivity contribution in [2.75, 3.05) is 11.9 Å². The number of halogens is 1. The quantitative estimate of drug-likeness (QED) is 0.507. The second-order valence-corrected chi connectivity index (χ2v) is 5.73. The minimum atomic E-state index is -0.788. The lowest BCUT2D eigenvalue weighted by molar-refractivity contribution is -0.465. The molecule has 1 amide bonds. The molecule has 0 aromatic heterocycles. The number of anilines is 1. The first kappa shape index (κ1) is 17.6. The van der Waals surface area contributed by atoms with Crippen molar-refractivity contribution >= 4 is 29.0 Å². The van der Waals surface area contributed by atoms with E-state index in [-0.39, 0.29) is 16.5 Å². The summed E-state index contributed by atoms with van der Waals surface area (Å²) in [6.07, 6.45) is 0. The predicted molar refractivity (Wildman–Crippen MR) is 92.1 cm³/mol. The molecule has 0 aliphatic rings. The minimum absolute atomic E-state index is 0.128. The van der Waals surface area contributed by atoms with E-state index in [1.807, 2.05) is 19.1 Å². The number of carbonyl (C=O) groups is 2. The van der Waals surface area contributed by atoms with Gasteiger partial charge in [-0.2, -0.15) is 0 Å². The van der Waals surface area contributed by atoms with Gasteiger partial charge in [0.25, 0.3) is 6.54 Å². The molecule has 0 aliphatic heterocycles. The van der Waals surface area contributed by atoms with Crippen LogP contribution >= 0.6 is 11.6 Å². The average molecular weight is 347 g/mol. The smallest absolute Gasteiger partial charge is 0.265 e. The maximum Gasteiger partial charge on any atom is 0.265 e. The maximum absolute atomic E-state index is 11.8. The van der Waals surface area contributed by atoms with Crippen LogP contribution in [0.4, 0.5) is 5.69 Å². The van der Waals surface area contributed by atoms with Crippen LogP contribution in [-0.2, 0) is 4.79 Å². The highest BCUT2D eigenvalue weighted by atomic mass is 35.5. The van der Waals surface area contributed by atoms with Crippen molar-refractivity contribution in [2.24, 2.45) is 0 Å². The molecule has 0 heterocycles. The molecule has 2 aromatic rings. The van der Waals surface area contributed by atoms with Crippen molar-refractivity contribution < 1.29 is 14.5 Å². The molecule has 7 heteroatoms. The number of Topliss-reactive ketones (excluding diaryl/α,β-unsaturated/α-hetero) is 1. The topological polar surface area (TPSA) is 89.3 Å². The Kier molecular flexibility index (Phi) is 5.31. The normalized spacial score (nSPS) is 10.3. The van der Waals surface area contributed by atoms with Gasteiger partial charge in [-0.25, -0.2) is 0 Å². The Labute approximate surface area is 143 Å². The zero-order valence-corrected chi connectivity index (χ0v) is 13.9. The van der Waals surface area contributed by atoms with E-state index >= 15 is 0 Å². The van der Waals surface area contributed by atoms with Crippen molar-refractivity contribution in [1.29, 1.82) is 0 Å². The maximum atomic E-state index is 11.8. The fourth-order valence-electron chi connectivity index (χ4n) is 2.30.